The van der Waals surface area contributed by atoms with Crippen molar-refractivity contribution in [1.82, 2.24) is 0 Å². The number of aromatic hydroxyl groups is 1. The molecule has 0 aliphatic carbocycles. The zero-order valence-electron chi connectivity index (χ0n) is 20.1. The molecule has 0 saturated carbocycles. The summed E-state index contributed by atoms with van der Waals surface area (Å²) in [7, 11) is 0. The van der Waals surface area contributed by atoms with Crippen molar-refractivity contribution in [2.45, 2.75) is 0 Å². The van der Waals surface area contributed by atoms with Gasteiger partial charge in [0.2, 0.25) is 0 Å². The monoisotopic (exact) mass is 470 g/mol. The average molecular weight is 471 g/mol. The minimum Gasteiger partial charge on any atom is -0.507 e. The summed E-state index contributed by atoms with van der Waals surface area (Å²) in [6.07, 6.45) is 0. The average Bonchev–Trinajstić information content (AvgIpc) is 2.96. The van der Waals surface area contributed by atoms with E-state index in [1.54, 1.807) is 0 Å². The van der Waals surface area contributed by atoms with E-state index >= 15 is 0 Å². The first-order valence-corrected chi connectivity index (χ1v) is 12.7. The Hall–Kier alpha value is -4.88. The molecule has 37 heavy (non-hydrogen) atoms. The second-order valence-corrected chi connectivity index (χ2v) is 9.85. The molecular weight excluding hydrogens is 448 g/mol. The molecule has 0 amide bonds. The lowest BCUT2D eigenvalue weighted by Crippen LogP contribution is -1.88. The fraction of sp³-hybridized carbons (Fsp3) is 0. The number of fused-ring (bicyclic) bond motifs is 10. The highest BCUT2D eigenvalue weighted by atomic mass is 16.3. The van der Waals surface area contributed by atoms with Crippen LogP contribution in [0.15, 0.2) is 127 Å². The van der Waals surface area contributed by atoms with Gasteiger partial charge < -0.3 is 5.11 Å². The van der Waals surface area contributed by atoms with Gasteiger partial charge in [0, 0.05) is 5.56 Å². The van der Waals surface area contributed by atoms with Gasteiger partial charge in [0.15, 0.2) is 0 Å². The van der Waals surface area contributed by atoms with Crippen LogP contribution < -0.4 is 0 Å². The smallest absolute Gasteiger partial charge is 0.124 e. The highest BCUT2D eigenvalue weighted by Gasteiger charge is 2.16. The van der Waals surface area contributed by atoms with Crippen LogP contribution in [0.25, 0.3) is 75.8 Å². The molecule has 8 aromatic rings. The van der Waals surface area contributed by atoms with Gasteiger partial charge in [-0.25, -0.2) is 0 Å². The number of hydrogen-bond donors (Lipinski definition) is 1. The predicted molar refractivity (Wildman–Crippen MR) is 159 cm³/mol. The number of hydrogen-bond acceptors (Lipinski definition) is 1. The van der Waals surface area contributed by atoms with Crippen molar-refractivity contribution in [3.05, 3.63) is 127 Å². The van der Waals surface area contributed by atoms with Crippen LogP contribution in [-0.4, -0.2) is 5.11 Å². The molecule has 0 spiro atoms. The van der Waals surface area contributed by atoms with E-state index < -0.39 is 0 Å². The van der Waals surface area contributed by atoms with Gasteiger partial charge in [-0.1, -0.05) is 121 Å². The lowest BCUT2D eigenvalue weighted by atomic mass is 9.88. The lowest BCUT2D eigenvalue weighted by Gasteiger charge is -2.16. The molecular formula is C36H22O. The van der Waals surface area contributed by atoms with E-state index in [4.69, 9.17) is 0 Å². The van der Waals surface area contributed by atoms with Crippen LogP contribution in [0.4, 0.5) is 0 Å². The second kappa shape index (κ2) is 7.56. The number of benzene rings is 8. The molecule has 0 aliphatic heterocycles. The third kappa shape index (κ3) is 2.86. The summed E-state index contributed by atoms with van der Waals surface area (Å²) in [5.74, 6) is 0.304. The predicted octanol–water partition coefficient (Wildman–Crippen LogP) is 9.98. The van der Waals surface area contributed by atoms with Gasteiger partial charge in [0.05, 0.1) is 0 Å². The molecule has 0 atom stereocenters. The van der Waals surface area contributed by atoms with Gasteiger partial charge in [-0.05, 0) is 76.3 Å². The maximum Gasteiger partial charge on any atom is 0.124 e. The van der Waals surface area contributed by atoms with Crippen LogP contribution in [-0.2, 0) is 0 Å². The van der Waals surface area contributed by atoms with Crippen LogP contribution in [0.1, 0.15) is 0 Å². The van der Waals surface area contributed by atoms with Crippen molar-refractivity contribution >= 4 is 64.6 Å². The zero-order valence-corrected chi connectivity index (χ0v) is 20.1. The highest BCUT2D eigenvalue weighted by molar-refractivity contribution is 6.23. The summed E-state index contributed by atoms with van der Waals surface area (Å²) in [6, 6.07) is 45.1. The van der Waals surface area contributed by atoms with Crippen molar-refractivity contribution in [2.24, 2.45) is 0 Å². The minimum absolute atomic E-state index is 0.304. The molecule has 0 heterocycles. The Morgan fingerprint density at radius 1 is 0.297 bits per heavy atom. The number of rotatable bonds is 1. The quantitative estimate of drug-likeness (QED) is 0.237. The van der Waals surface area contributed by atoms with Gasteiger partial charge in [-0.2, -0.15) is 0 Å². The van der Waals surface area contributed by atoms with E-state index in [-0.39, 0.29) is 0 Å². The molecule has 0 bridgehead atoms. The molecule has 1 nitrogen and oxygen atoms in total. The molecule has 0 unspecified atom stereocenters. The third-order valence-electron chi connectivity index (χ3n) is 7.95. The van der Waals surface area contributed by atoms with Crippen LogP contribution >= 0.6 is 0 Å². The molecule has 8 rings (SSSR count). The van der Waals surface area contributed by atoms with E-state index in [0.29, 0.717) is 5.75 Å². The second-order valence-electron chi connectivity index (χ2n) is 9.85. The maximum atomic E-state index is 11.2. The Morgan fingerprint density at radius 2 is 0.730 bits per heavy atom. The first-order valence-electron chi connectivity index (χ1n) is 12.7. The number of phenols is 1. The fourth-order valence-electron chi connectivity index (χ4n) is 6.25. The topological polar surface area (TPSA) is 20.2 Å². The summed E-state index contributed by atoms with van der Waals surface area (Å²) >= 11 is 0. The first kappa shape index (κ1) is 20.3. The Kier molecular flexibility index (Phi) is 4.15. The molecule has 0 fully saturated rings. The number of phenolic OH excluding ortho intramolecular Hbond substituents is 1. The summed E-state index contributed by atoms with van der Waals surface area (Å²) in [5.41, 5.74) is 1.94. The maximum absolute atomic E-state index is 11.2. The van der Waals surface area contributed by atoms with Crippen molar-refractivity contribution in [3.63, 3.8) is 0 Å². The standard InChI is InChI=1S/C36H22O/c37-35-21-20-32-30-15-13-23-7-2-4-9-25(23)28(30)18-19-34(32)36(35)33-11-5-10-26-29-14-12-22-6-1-3-8-24(22)27(29)16-17-31(26)33/h1-21,37H. The Labute approximate surface area is 213 Å². The molecule has 0 aromatic heterocycles. The van der Waals surface area contributed by atoms with E-state index in [0.717, 1.165) is 27.3 Å². The van der Waals surface area contributed by atoms with Crippen molar-refractivity contribution in [2.75, 3.05) is 0 Å². The Bertz CT molecular complexity index is 2200. The van der Waals surface area contributed by atoms with E-state index in [9.17, 15) is 5.11 Å². The summed E-state index contributed by atoms with van der Waals surface area (Å²) in [5, 5.41) is 25.7. The molecule has 1 N–H and O–H groups in total. The highest BCUT2D eigenvalue weighted by Crippen LogP contribution is 2.44. The van der Waals surface area contributed by atoms with Gasteiger partial charge in [0.25, 0.3) is 0 Å². The SMILES string of the molecule is Oc1ccc2c(ccc3c4ccccc4ccc23)c1-c1cccc2c1ccc1c3ccccc3ccc21. The van der Waals surface area contributed by atoms with Gasteiger partial charge in [-0.3, -0.25) is 0 Å². The fourth-order valence-corrected chi connectivity index (χ4v) is 6.25. The van der Waals surface area contributed by atoms with E-state index in [2.05, 4.69) is 121 Å². The minimum atomic E-state index is 0.304. The van der Waals surface area contributed by atoms with Crippen LogP contribution in [0, 0.1) is 0 Å². The van der Waals surface area contributed by atoms with Crippen LogP contribution in [0.5, 0.6) is 5.75 Å². The van der Waals surface area contributed by atoms with Gasteiger partial charge in [-0.15, -0.1) is 0 Å². The molecule has 0 radical (unpaired) electrons. The van der Waals surface area contributed by atoms with Crippen molar-refractivity contribution in [3.8, 4) is 16.9 Å². The van der Waals surface area contributed by atoms with Gasteiger partial charge in [0.1, 0.15) is 5.75 Å². The lowest BCUT2D eigenvalue weighted by molar-refractivity contribution is 0.478. The summed E-state index contributed by atoms with van der Waals surface area (Å²) in [6.45, 7) is 0. The first-order chi connectivity index (χ1) is 18.3. The molecule has 172 valence electrons. The largest absolute Gasteiger partial charge is 0.507 e. The Morgan fingerprint density at radius 3 is 1.41 bits per heavy atom. The van der Waals surface area contributed by atoms with Crippen molar-refractivity contribution in [1.29, 1.82) is 0 Å². The Balaban J connectivity index is 1.46. The molecule has 1 heteroatoms. The third-order valence-corrected chi connectivity index (χ3v) is 7.95. The summed E-state index contributed by atoms with van der Waals surface area (Å²) < 4.78 is 0. The van der Waals surface area contributed by atoms with Crippen LogP contribution in [0.2, 0.25) is 0 Å². The van der Waals surface area contributed by atoms with Crippen molar-refractivity contribution < 1.29 is 5.11 Å². The van der Waals surface area contributed by atoms with Gasteiger partial charge >= 0.3 is 0 Å². The van der Waals surface area contributed by atoms with E-state index in [1.807, 2.05) is 6.07 Å². The molecule has 0 aliphatic rings. The zero-order chi connectivity index (χ0) is 24.5. The van der Waals surface area contributed by atoms with E-state index in [1.165, 1.54) is 48.5 Å². The normalized spacial score (nSPS) is 11.9. The molecule has 8 aromatic carbocycles. The molecule has 0 saturated heterocycles. The van der Waals surface area contributed by atoms with Crippen LogP contribution in [0.3, 0.4) is 0 Å². The summed E-state index contributed by atoms with van der Waals surface area (Å²) in [4.78, 5) is 0.